The number of benzene rings is 1. The van der Waals surface area contributed by atoms with Crippen LogP contribution in [0.15, 0.2) is 43.0 Å². The molecule has 5 nitrogen and oxygen atoms in total. The summed E-state index contributed by atoms with van der Waals surface area (Å²) in [6, 6.07) is 7.74. The van der Waals surface area contributed by atoms with Crippen molar-refractivity contribution in [3.8, 4) is 11.8 Å². The highest BCUT2D eigenvalue weighted by Crippen LogP contribution is 2.09. The number of amides is 1. The van der Waals surface area contributed by atoms with Gasteiger partial charge in [0.1, 0.15) is 6.33 Å². The van der Waals surface area contributed by atoms with E-state index in [0.29, 0.717) is 18.7 Å². The number of rotatable bonds is 3. The Labute approximate surface area is 123 Å². The highest BCUT2D eigenvalue weighted by molar-refractivity contribution is 5.93. The van der Waals surface area contributed by atoms with E-state index in [4.69, 9.17) is 5.73 Å². The molecule has 1 amide bonds. The Balaban J connectivity index is 2.09. The van der Waals surface area contributed by atoms with Gasteiger partial charge in [0.25, 0.3) is 5.91 Å². The average molecular weight is 280 g/mol. The molecule has 2 aromatic rings. The van der Waals surface area contributed by atoms with Crippen LogP contribution in [0.3, 0.4) is 0 Å². The van der Waals surface area contributed by atoms with Gasteiger partial charge >= 0.3 is 0 Å². The summed E-state index contributed by atoms with van der Waals surface area (Å²) in [7, 11) is 1.74. The van der Waals surface area contributed by atoms with E-state index in [2.05, 4.69) is 21.8 Å². The Morgan fingerprint density at radius 2 is 2.10 bits per heavy atom. The zero-order valence-electron chi connectivity index (χ0n) is 11.8. The molecule has 2 rings (SSSR count). The van der Waals surface area contributed by atoms with E-state index in [-0.39, 0.29) is 5.91 Å². The molecule has 0 fully saturated rings. The van der Waals surface area contributed by atoms with E-state index < -0.39 is 0 Å². The van der Waals surface area contributed by atoms with Gasteiger partial charge in [0, 0.05) is 31.5 Å². The van der Waals surface area contributed by atoms with E-state index >= 15 is 0 Å². The molecule has 106 valence electrons. The van der Waals surface area contributed by atoms with Crippen LogP contribution in [-0.2, 0) is 6.54 Å². The summed E-state index contributed by atoms with van der Waals surface area (Å²) >= 11 is 0. The van der Waals surface area contributed by atoms with Crippen molar-refractivity contribution < 1.29 is 4.79 Å². The van der Waals surface area contributed by atoms with Crippen LogP contribution in [0.5, 0.6) is 0 Å². The molecule has 5 heteroatoms. The van der Waals surface area contributed by atoms with Gasteiger partial charge in [0.2, 0.25) is 0 Å². The van der Waals surface area contributed by atoms with Crippen LogP contribution in [0.2, 0.25) is 0 Å². The molecule has 0 spiro atoms. The van der Waals surface area contributed by atoms with E-state index in [9.17, 15) is 4.79 Å². The van der Waals surface area contributed by atoms with Crippen LogP contribution in [0.25, 0.3) is 0 Å². The van der Waals surface area contributed by atoms with Crippen LogP contribution < -0.4 is 5.73 Å². The summed E-state index contributed by atoms with van der Waals surface area (Å²) in [4.78, 5) is 21.5. The van der Waals surface area contributed by atoms with Gasteiger partial charge in [-0.25, -0.2) is 9.97 Å². The summed E-state index contributed by atoms with van der Waals surface area (Å²) in [5, 5.41) is 0. The lowest BCUT2D eigenvalue weighted by atomic mass is 10.1. The minimum atomic E-state index is -0.117. The van der Waals surface area contributed by atoms with Crippen molar-refractivity contribution in [2.75, 3.05) is 13.6 Å². The maximum atomic E-state index is 12.2. The van der Waals surface area contributed by atoms with E-state index in [1.54, 1.807) is 11.9 Å². The highest BCUT2D eigenvalue weighted by Gasteiger charge is 2.12. The van der Waals surface area contributed by atoms with Crippen LogP contribution in [0.1, 0.15) is 21.5 Å². The van der Waals surface area contributed by atoms with Crippen LogP contribution in [-0.4, -0.2) is 34.4 Å². The molecule has 0 bridgehead atoms. The molecule has 0 aliphatic carbocycles. The van der Waals surface area contributed by atoms with Gasteiger partial charge in [-0.15, -0.1) is 0 Å². The Bertz CT molecular complexity index is 673. The first-order valence-electron chi connectivity index (χ1n) is 6.49. The maximum Gasteiger partial charge on any atom is 0.257 e. The number of aromatic nitrogens is 2. The molecule has 21 heavy (non-hydrogen) atoms. The molecule has 1 aromatic heterocycles. The smallest absolute Gasteiger partial charge is 0.257 e. The normalized spacial score (nSPS) is 9.62. The molecule has 2 N–H and O–H groups in total. The van der Waals surface area contributed by atoms with Crippen molar-refractivity contribution in [3.63, 3.8) is 0 Å². The quantitative estimate of drug-likeness (QED) is 0.853. The van der Waals surface area contributed by atoms with Crippen LogP contribution in [0, 0.1) is 11.8 Å². The predicted molar refractivity (Wildman–Crippen MR) is 80.2 cm³/mol. The van der Waals surface area contributed by atoms with Crippen molar-refractivity contribution in [1.82, 2.24) is 14.9 Å². The summed E-state index contributed by atoms with van der Waals surface area (Å²) in [5.41, 5.74) is 7.73. The third kappa shape index (κ3) is 4.13. The molecule has 0 aliphatic rings. The number of carbonyl (C=O) groups is 1. The number of nitrogens with two attached hydrogens (primary N) is 1. The maximum absolute atomic E-state index is 12.2. The minimum absolute atomic E-state index is 0.117. The first-order valence-corrected chi connectivity index (χ1v) is 6.49. The van der Waals surface area contributed by atoms with Gasteiger partial charge in [-0.2, -0.15) is 0 Å². The largest absolute Gasteiger partial charge is 0.337 e. The monoisotopic (exact) mass is 280 g/mol. The highest BCUT2D eigenvalue weighted by atomic mass is 16.2. The molecule has 0 aliphatic heterocycles. The molecule has 0 atom stereocenters. The lowest BCUT2D eigenvalue weighted by Gasteiger charge is -2.17. The fraction of sp³-hybridized carbons (Fsp3) is 0.188. The van der Waals surface area contributed by atoms with Gasteiger partial charge in [-0.05, 0) is 17.7 Å². The van der Waals surface area contributed by atoms with E-state index in [0.717, 1.165) is 11.1 Å². The molecule has 0 radical (unpaired) electrons. The molecule has 0 unspecified atom stereocenters. The van der Waals surface area contributed by atoms with Crippen molar-refractivity contribution in [3.05, 3.63) is 59.7 Å². The SMILES string of the molecule is CN(Cc1cccc(C#CCN)c1)C(=O)c1cncnc1. The second-order valence-corrected chi connectivity index (χ2v) is 4.49. The zero-order valence-corrected chi connectivity index (χ0v) is 11.8. The number of nitrogens with zero attached hydrogens (tertiary/aromatic N) is 3. The van der Waals surface area contributed by atoms with E-state index in [1.165, 1.54) is 18.7 Å². The molecule has 0 saturated carbocycles. The number of hydrogen-bond acceptors (Lipinski definition) is 4. The Morgan fingerprint density at radius 1 is 1.33 bits per heavy atom. The third-order valence-electron chi connectivity index (χ3n) is 2.84. The topological polar surface area (TPSA) is 72.1 Å². The first-order chi connectivity index (χ1) is 10.2. The van der Waals surface area contributed by atoms with Crippen molar-refractivity contribution in [2.45, 2.75) is 6.54 Å². The lowest BCUT2D eigenvalue weighted by molar-refractivity contribution is 0.0784. The minimum Gasteiger partial charge on any atom is -0.337 e. The fourth-order valence-corrected chi connectivity index (χ4v) is 1.88. The van der Waals surface area contributed by atoms with Crippen molar-refractivity contribution in [1.29, 1.82) is 0 Å². The molecular weight excluding hydrogens is 264 g/mol. The van der Waals surface area contributed by atoms with Crippen molar-refractivity contribution in [2.24, 2.45) is 5.73 Å². The molecule has 0 saturated heterocycles. The lowest BCUT2D eigenvalue weighted by Crippen LogP contribution is -2.26. The summed E-state index contributed by atoms with van der Waals surface area (Å²) in [6.07, 6.45) is 4.42. The summed E-state index contributed by atoms with van der Waals surface area (Å²) < 4.78 is 0. The fourth-order valence-electron chi connectivity index (χ4n) is 1.88. The Kier molecular flexibility index (Phi) is 5.02. The second-order valence-electron chi connectivity index (χ2n) is 4.49. The zero-order chi connectivity index (χ0) is 15.1. The third-order valence-corrected chi connectivity index (χ3v) is 2.84. The van der Waals surface area contributed by atoms with Crippen LogP contribution >= 0.6 is 0 Å². The molecular formula is C16H16N4O. The summed E-state index contributed by atoms with van der Waals surface area (Å²) in [6.45, 7) is 0.822. The van der Waals surface area contributed by atoms with E-state index in [1.807, 2.05) is 24.3 Å². The molecule has 1 aromatic carbocycles. The Hall–Kier alpha value is -2.71. The number of hydrogen-bond donors (Lipinski definition) is 1. The average Bonchev–Trinajstić information content (AvgIpc) is 2.53. The number of carbonyl (C=O) groups excluding carboxylic acids is 1. The second kappa shape index (κ2) is 7.17. The van der Waals surface area contributed by atoms with Crippen molar-refractivity contribution >= 4 is 5.91 Å². The van der Waals surface area contributed by atoms with Gasteiger partial charge in [0.05, 0.1) is 12.1 Å². The van der Waals surface area contributed by atoms with Gasteiger partial charge in [-0.1, -0.05) is 24.0 Å². The first kappa shape index (κ1) is 14.7. The van der Waals surface area contributed by atoms with Crippen LogP contribution in [0.4, 0.5) is 0 Å². The standard InChI is InChI=1S/C16H16N4O/c1-20(16(21)15-9-18-12-19-10-15)11-14-5-2-4-13(8-14)6-3-7-17/h2,4-5,8-10,12H,7,11,17H2,1H3. The summed E-state index contributed by atoms with van der Waals surface area (Å²) in [5.74, 6) is 5.68. The predicted octanol–water partition coefficient (Wildman–Crippen LogP) is 1.06. The van der Waals surface area contributed by atoms with Gasteiger partial charge in [0.15, 0.2) is 0 Å². The molecule has 1 heterocycles. The van der Waals surface area contributed by atoms with Gasteiger partial charge < -0.3 is 10.6 Å². The van der Waals surface area contributed by atoms with Gasteiger partial charge in [-0.3, -0.25) is 4.79 Å². The Morgan fingerprint density at radius 3 is 2.81 bits per heavy atom.